The molecular weight excluding hydrogens is 521 g/mol. The van der Waals surface area contributed by atoms with Gasteiger partial charge in [-0.2, -0.15) is 5.10 Å². The van der Waals surface area contributed by atoms with Gasteiger partial charge in [0.25, 0.3) is 0 Å². The Morgan fingerprint density at radius 1 is 0.917 bits per heavy atom. The second-order valence-corrected chi connectivity index (χ2v) is 10.8. The van der Waals surface area contributed by atoms with Crippen LogP contribution in [0.1, 0.15) is 15.9 Å². The summed E-state index contributed by atoms with van der Waals surface area (Å²) in [6.45, 7) is 0.699. The second-order valence-electron chi connectivity index (χ2n) is 8.00. The number of para-hydroxylation sites is 1. The molecule has 0 spiro atoms. The zero-order valence-electron chi connectivity index (χ0n) is 18.8. The first-order valence-corrected chi connectivity index (χ1v) is 13.4. The van der Waals surface area contributed by atoms with Gasteiger partial charge in [0.15, 0.2) is 16.7 Å². The molecule has 0 fully saturated rings. The van der Waals surface area contributed by atoms with Crippen molar-refractivity contribution in [1.82, 2.24) is 9.78 Å². The molecule has 5 rings (SSSR count). The third-order valence-electron chi connectivity index (χ3n) is 5.55. The number of ketones is 1. The van der Waals surface area contributed by atoms with E-state index in [-0.39, 0.29) is 27.7 Å². The molecule has 1 aromatic heterocycles. The van der Waals surface area contributed by atoms with E-state index in [9.17, 15) is 13.2 Å². The quantitative estimate of drug-likeness (QED) is 0.298. The molecule has 0 saturated carbocycles. The van der Waals surface area contributed by atoms with Crippen molar-refractivity contribution in [2.75, 3.05) is 18.9 Å². The minimum Gasteiger partial charge on any atom is -0.478 e. The Labute approximate surface area is 217 Å². The molecule has 0 N–H and O–H groups in total. The lowest BCUT2D eigenvalue weighted by atomic mass is 10.0. The van der Waals surface area contributed by atoms with Crippen LogP contribution in [0.5, 0.6) is 0 Å². The van der Waals surface area contributed by atoms with Crippen molar-refractivity contribution in [3.8, 4) is 16.9 Å². The van der Waals surface area contributed by atoms with Crippen molar-refractivity contribution >= 4 is 44.7 Å². The van der Waals surface area contributed by atoms with Crippen LogP contribution in [0.3, 0.4) is 0 Å². The van der Waals surface area contributed by atoms with Crippen molar-refractivity contribution in [3.63, 3.8) is 0 Å². The predicted octanol–water partition coefficient (Wildman–Crippen LogP) is 5.28. The molecule has 3 aromatic carbocycles. The van der Waals surface area contributed by atoms with E-state index in [1.165, 1.54) is 4.68 Å². The Kier molecular flexibility index (Phi) is 6.66. The maximum absolute atomic E-state index is 13.9. The van der Waals surface area contributed by atoms with Gasteiger partial charge in [-0.3, -0.25) is 9.79 Å². The molecule has 7 nitrogen and oxygen atoms in total. The van der Waals surface area contributed by atoms with Gasteiger partial charge in [-0.25, -0.2) is 13.1 Å². The summed E-state index contributed by atoms with van der Waals surface area (Å²) in [5.41, 5.74) is 1.45. The average Bonchev–Trinajstić information content (AvgIpc) is 3.53. The normalized spacial score (nSPS) is 13.3. The van der Waals surface area contributed by atoms with Gasteiger partial charge in [0.05, 0.1) is 17.8 Å². The molecule has 36 heavy (non-hydrogen) atoms. The number of sulfone groups is 1. The van der Waals surface area contributed by atoms with Gasteiger partial charge in [-0.1, -0.05) is 53.5 Å². The summed E-state index contributed by atoms with van der Waals surface area (Å²) < 4.78 is 34.4. The first-order valence-electron chi connectivity index (χ1n) is 11.0. The van der Waals surface area contributed by atoms with Crippen LogP contribution in [-0.2, 0) is 14.6 Å². The van der Waals surface area contributed by atoms with Crippen LogP contribution in [0.15, 0.2) is 88.9 Å². The molecule has 0 bridgehead atoms. The topological polar surface area (TPSA) is 90.6 Å². The van der Waals surface area contributed by atoms with Crippen LogP contribution in [0.25, 0.3) is 16.9 Å². The number of carbonyl (C=O) groups excluding carboxylic acids is 1. The predicted molar refractivity (Wildman–Crippen MR) is 139 cm³/mol. The zero-order valence-corrected chi connectivity index (χ0v) is 21.1. The van der Waals surface area contributed by atoms with Crippen molar-refractivity contribution < 1.29 is 17.9 Å². The van der Waals surface area contributed by atoms with E-state index < -0.39 is 21.4 Å². The second kappa shape index (κ2) is 9.89. The summed E-state index contributed by atoms with van der Waals surface area (Å²) in [5, 5.41) is 5.36. The monoisotopic (exact) mass is 539 g/mol. The number of nitrogens with zero attached hydrogens (tertiary/aromatic N) is 3. The van der Waals surface area contributed by atoms with E-state index in [4.69, 9.17) is 27.9 Å². The third kappa shape index (κ3) is 4.80. The summed E-state index contributed by atoms with van der Waals surface area (Å²) in [4.78, 5) is 18.1. The molecular formula is C26H19Cl2N3O4S. The molecule has 0 atom stereocenters. The molecule has 1 aliphatic rings. The van der Waals surface area contributed by atoms with Crippen LogP contribution in [0.4, 0.5) is 0 Å². The summed E-state index contributed by atoms with van der Waals surface area (Å²) in [6, 6.07) is 21.7. The molecule has 4 aromatic rings. The average molecular weight is 540 g/mol. The molecule has 2 heterocycles. The summed E-state index contributed by atoms with van der Waals surface area (Å²) in [5.74, 6) is -0.896. The minimum absolute atomic E-state index is 0.0536. The summed E-state index contributed by atoms with van der Waals surface area (Å²) >= 11 is 12.1. The number of aliphatic imine (C=N–C) groups is 1. The maximum atomic E-state index is 13.9. The van der Waals surface area contributed by atoms with Crippen LogP contribution >= 0.6 is 23.2 Å². The fraction of sp³-hybridized carbons (Fsp3) is 0.115. The highest BCUT2D eigenvalue weighted by molar-refractivity contribution is 7.92. The van der Waals surface area contributed by atoms with Crippen LogP contribution < -0.4 is 0 Å². The molecule has 0 unspecified atom stereocenters. The number of hydrogen-bond donors (Lipinski definition) is 0. The van der Waals surface area contributed by atoms with E-state index >= 15 is 0 Å². The lowest BCUT2D eigenvalue weighted by molar-refractivity contribution is 0.103. The number of carbonyl (C=O) groups is 1. The smallest absolute Gasteiger partial charge is 0.205 e. The Morgan fingerprint density at radius 3 is 2.17 bits per heavy atom. The van der Waals surface area contributed by atoms with E-state index in [2.05, 4.69) is 10.1 Å². The molecule has 1 aliphatic heterocycles. The highest BCUT2D eigenvalue weighted by atomic mass is 35.5. The number of halogens is 2. The number of aromatic nitrogens is 2. The maximum Gasteiger partial charge on any atom is 0.205 e. The fourth-order valence-corrected chi connectivity index (χ4v) is 5.69. The standard InChI is InChI=1S/C26H19Cl2N3O4S/c27-19-10-6-17(7-11-19)24-23(25(32)18-8-12-20(28)13-9-18)26(31(30-24)21-4-2-1-3-5-21)36(33,34)16-22-29-14-15-35-22/h1-13H,14-16H2. The van der Waals surface area contributed by atoms with Gasteiger partial charge in [-0.15, -0.1) is 0 Å². The molecule has 0 saturated heterocycles. The number of hydrogen-bond acceptors (Lipinski definition) is 6. The Hall–Kier alpha value is -3.46. The van der Waals surface area contributed by atoms with Crippen LogP contribution in [0.2, 0.25) is 10.0 Å². The van der Waals surface area contributed by atoms with Crippen molar-refractivity contribution in [2.24, 2.45) is 4.99 Å². The van der Waals surface area contributed by atoms with Gasteiger partial charge in [-0.05, 0) is 48.5 Å². The number of benzene rings is 3. The molecule has 0 radical (unpaired) electrons. The number of rotatable bonds is 7. The van der Waals surface area contributed by atoms with Crippen LogP contribution in [0, 0.1) is 0 Å². The van der Waals surface area contributed by atoms with Gasteiger partial charge in [0.1, 0.15) is 18.1 Å². The van der Waals surface area contributed by atoms with Crippen molar-refractivity contribution in [3.05, 3.63) is 100 Å². The van der Waals surface area contributed by atoms with Gasteiger partial charge >= 0.3 is 0 Å². The third-order valence-corrected chi connectivity index (χ3v) is 7.65. The van der Waals surface area contributed by atoms with E-state index in [0.29, 0.717) is 34.4 Å². The van der Waals surface area contributed by atoms with E-state index in [1.807, 2.05) is 6.07 Å². The molecule has 0 aliphatic carbocycles. The number of ether oxygens (including phenoxy) is 1. The summed E-state index contributed by atoms with van der Waals surface area (Å²) in [6.07, 6.45) is 0. The first kappa shape index (κ1) is 24.2. The van der Waals surface area contributed by atoms with Crippen molar-refractivity contribution in [1.29, 1.82) is 0 Å². The van der Waals surface area contributed by atoms with Crippen molar-refractivity contribution in [2.45, 2.75) is 5.03 Å². The SMILES string of the molecule is O=C(c1ccc(Cl)cc1)c1c(-c2ccc(Cl)cc2)nn(-c2ccccc2)c1S(=O)(=O)CC1=NCCO1. The van der Waals surface area contributed by atoms with Gasteiger partial charge in [0.2, 0.25) is 9.84 Å². The Bertz CT molecular complexity index is 1560. The molecule has 10 heteroatoms. The Morgan fingerprint density at radius 2 is 1.56 bits per heavy atom. The molecule has 0 amide bonds. The lowest BCUT2D eigenvalue weighted by Gasteiger charge is -2.11. The Balaban J connectivity index is 1.80. The fourth-order valence-electron chi connectivity index (χ4n) is 3.89. The largest absolute Gasteiger partial charge is 0.478 e. The van der Waals surface area contributed by atoms with E-state index in [0.717, 1.165) is 0 Å². The highest BCUT2D eigenvalue weighted by Gasteiger charge is 2.35. The van der Waals surface area contributed by atoms with Crippen LogP contribution in [-0.4, -0.2) is 48.8 Å². The van der Waals surface area contributed by atoms with Gasteiger partial charge < -0.3 is 4.74 Å². The highest BCUT2D eigenvalue weighted by Crippen LogP contribution is 2.34. The van der Waals surface area contributed by atoms with E-state index in [1.54, 1.807) is 72.8 Å². The first-order chi connectivity index (χ1) is 17.3. The van der Waals surface area contributed by atoms with Gasteiger partial charge in [0, 0.05) is 21.2 Å². The zero-order chi connectivity index (χ0) is 25.3. The lowest BCUT2D eigenvalue weighted by Crippen LogP contribution is -2.22. The molecule has 182 valence electrons. The minimum atomic E-state index is -4.14. The summed E-state index contributed by atoms with van der Waals surface area (Å²) in [7, 11) is -4.14.